The highest BCUT2D eigenvalue weighted by atomic mass is 16.6. The molecule has 3 aliphatic heterocycles. The number of hydrogen-bond acceptors (Lipinski definition) is 7. The molecule has 3 amide bonds. The Hall–Kier alpha value is -4.86. The number of fused-ring (bicyclic) bond motifs is 3. The number of rotatable bonds is 4. The summed E-state index contributed by atoms with van der Waals surface area (Å²) in [5.41, 5.74) is 4.53. The van der Waals surface area contributed by atoms with Gasteiger partial charge in [-0.1, -0.05) is 12.1 Å². The Morgan fingerprint density at radius 1 is 0.974 bits per heavy atom. The van der Waals surface area contributed by atoms with Crippen LogP contribution in [0.25, 0.3) is 16.9 Å². The van der Waals surface area contributed by atoms with Gasteiger partial charge in [0.1, 0.15) is 36.4 Å². The van der Waals surface area contributed by atoms with Crippen molar-refractivity contribution < 1.29 is 23.9 Å². The Morgan fingerprint density at radius 3 is 2.71 bits per heavy atom. The lowest BCUT2D eigenvalue weighted by Crippen LogP contribution is -2.52. The van der Waals surface area contributed by atoms with Crippen LogP contribution in [0, 0.1) is 0 Å². The first-order chi connectivity index (χ1) is 18.5. The lowest BCUT2D eigenvalue weighted by molar-refractivity contribution is -0.136. The summed E-state index contributed by atoms with van der Waals surface area (Å²) in [6, 6.07) is 16.5. The van der Waals surface area contributed by atoms with Crippen molar-refractivity contribution in [1.29, 1.82) is 0 Å². The van der Waals surface area contributed by atoms with Crippen LogP contribution in [0.3, 0.4) is 0 Å². The minimum Gasteiger partial charge on any atom is -0.486 e. The minimum atomic E-state index is -0.654. The van der Waals surface area contributed by atoms with Crippen molar-refractivity contribution in [3.63, 3.8) is 0 Å². The van der Waals surface area contributed by atoms with Gasteiger partial charge in [0.05, 0.1) is 0 Å². The van der Waals surface area contributed by atoms with Gasteiger partial charge < -0.3 is 19.7 Å². The third kappa shape index (κ3) is 3.64. The maximum atomic E-state index is 13.1. The lowest BCUT2D eigenvalue weighted by atomic mass is 10.0. The highest BCUT2D eigenvalue weighted by molar-refractivity contribution is 6.05. The van der Waals surface area contributed by atoms with Gasteiger partial charge in [-0.25, -0.2) is 4.98 Å². The number of nitrogens with one attached hydrogen (secondary N) is 2. The molecular weight excluding hydrogens is 486 g/mol. The van der Waals surface area contributed by atoms with E-state index in [-0.39, 0.29) is 18.2 Å². The molecule has 2 aromatic carbocycles. The Kier molecular flexibility index (Phi) is 5.07. The van der Waals surface area contributed by atoms with Crippen molar-refractivity contribution in [3.05, 3.63) is 71.9 Å². The van der Waals surface area contributed by atoms with Crippen molar-refractivity contribution in [2.75, 3.05) is 18.5 Å². The van der Waals surface area contributed by atoms with Crippen LogP contribution >= 0.6 is 0 Å². The molecule has 190 valence electrons. The van der Waals surface area contributed by atoms with E-state index in [0.29, 0.717) is 43.2 Å². The molecule has 1 fully saturated rings. The highest BCUT2D eigenvalue weighted by Crippen LogP contribution is 2.38. The molecule has 3 aliphatic rings. The van der Waals surface area contributed by atoms with Crippen molar-refractivity contribution in [1.82, 2.24) is 19.6 Å². The number of anilines is 2. The first kappa shape index (κ1) is 22.3. The molecule has 2 N–H and O–H groups in total. The van der Waals surface area contributed by atoms with E-state index in [9.17, 15) is 14.4 Å². The number of aromatic nitrogens is 2. The molecule has 0 saturated carbocycles. The molecule has 0 radical (unpaired) electrons. The predicted octanol–water partition coefficient (Wildman–Crippen LogP) is 3.28. The summed E-state index contributed by atoms with van der Waals surface area (Å²) in [5.74, 6) is 1.23. The number of imidazole rings is 1. The third-order valence-corrected chi connectivity index (χ3v) is 7.13. The second-order valence-corrected chi connectivity index (χ2v) is 9.49. The van der Waals surface area contributed by atoms with E-state index in [1.54, 1.807) is 11.0 Å². The zero-order valence-electron chi connectivity index (χ0n) is 20.3. The molecule has 1 atom stereocenters. The van der Waals surface area contributed by atoms with Gasteiger partial charge in [-0.2, -0.15) is 0 Å². The van der Waals surface area contributed by atoms with Gasteiger partial charge in [0, 0.05) is 42.0 Å². The average molecular weight is 510 g/mol. The van der Waals surface area contributed by atoms with Crippen LogP contribution in [0.5, 0.6) is 11.5 Å². The Bertz CT molecular complexity index is 1640. The fourth-order valence-corrected chi connectivity index (χ4v) is 5.30. The average Bonchev–Trinajstić information content (AvgIpc) is 3.46. The van der Waals surface area contributed by atoms with E-state index < -0.39 is 11.9 Å². The van der Waals surface area contributed by atoms with E-state index >= 15 is 0 Å². The number of benzene rings is 2. The lowest BCUT2D eigenvalue weighted by Gasteiger charge is -2.29. The topological polar surface area (TPSA) is 114 Å². The van der Waals surface area contributed by atoms with E-state index in [2.05, 4.69) is 10.6 Å². The fourth-order valence-electron chi connectivity index (χ4n) is 5.30. The quantitative estimate of drug-likeness (QED) is 0.406. The number of hydrogen-bond donors (Lipinski definition) is 2. The van der Waals surface area contributed by atoms with Gasteiger partial charge in [-0.05, 0) is 48.4 Å². The minimum absolute atomic E-state index is 0.203. The molecular formula is C28H23N5O5. The first-order valence-corrected chi connectivity index (χ1v) is 12.5. The van der Waals surface area contributed by atoms with Crippen LogP contribution in [0.15, 0.2) is 60.8 Å². The van der Waals surface area contributed by atoms with Crippen LogP contribution in [-0.2, 0) is 16.1 Å². The van der Waals surface area contributed by atoms with Crippen molar-refractivity contribution in [2.45, 2.75) is 25.4 Å². The summed E-state index contributed by atoms with van der Waals surface area (Å²) in [6.45, 7) is 1.33. The molecule has 5 heterocycles. The molecule has 0 aliphatic carbocycles. The summed E-state index contributed by atoms with van der Waals surface area (Å²) >= 11 is 0. The Morgan fingerprint density at radius 2 is 1.84 bits per heavy atom. The van der Waals surface area contributed by atoms with Gasteiger partial charge in [0.2, 0.25) is 11.8 Å². The second-order valence-electron chi connectivity index (χ2n) is 9.49. The maximum absolute atomic E-state index is 13.1. The van der Waals surface area contributed by atoms with E-state index in [1.807, 2.05) is 59.1 Å². The molecule has 4 aromatic rings. The number of pyridine rings is 1. The molecule has 1 unspecified atom stereocenters. The van der Waals surface area contributed by atoms with Gasteiger partial charge in [0.25, 0.3) is 5.91 Å². The van der Waals surface area contributed by atoms with Crippen molar-refractivity contribution in [2.24, 2.45) is 0 Å². The maximum Gasteiger partial charge on any atom is 0.255 e. The normalized spacial score (nSPS) is 18.5. The monoisotopic (exact) mass is 509 g/mol. The first-order valence-electron chi connectivity index (χ1n) is 12.5. The van der Waals surface area contributed by atoms with Crippen LogP contribution in [-0.4, -0.2) is 51.3 Å². The molecule has 2 aromatic heterocycles. The zero-order valence-corrected chi connectivity index (χ0v) is 20.3. The standard InChI is InChI=1S/C28H23N5O5/c34-24-9-7-20(27(35)31-24)33-15-17-13-16(4-6-19(17)28(33)36)25-26(32-10-2-1-3-23(32)30-25)29-18-5-8-21-22(14-18)38-12-11-37-21/h1-6,8,10,13-14,20,29H,7,9,11-12,15H2,(H,31,34,35). The van der Waals surface area contributed by atoms with Gasteiger partial charge in [-0.15, -0.1) is 0 Å². The molecule has 7 rings (SSSR count). The number of amides is 3. The van der Waals surface area contributed by atoms with Gasteiger partial charge >= 0.3 is 0 Å². The SMILES string of the molecule is O=C1CCC(N2Cc3cc(-c4nc5ccccn5c4Nc4ccc5c(c4)OCCO5)ccc3C2=O)C(=O)N1. The van der Waals surface area contributed by atoms with E-state index in [0.717, 1.165) is 34.0 Å². The van der Waals surface area contributed by atoms with Crippen molar-refractivity contribution >= 4 is 34.9 Å². The summed E-state index contributed by atoms with van der Waals surface area (Å²) in [4.78, 5) is 43.6. The second kappa shape index (κ2) is 8.62. The smallest absolute Gasteiger partial charge is 0.255 e. The molecule has 10 nitrogen and oxygen atoms in total. The number of ether oxygens (including phenoxy) is 2. The largest absolute Gasteiger partial charge is 0.486 e. The van der Waals surface area contributed by atoms with Gasteiger partial charge in [-0.3, -0.25) is 24.1 Å². The molecule has 38 heavy (non-hydrogen) atoms. The molecule has 1 saturated heterocycles. The summed E-state index contributed by atoms with van der Waals surface area (Å²) in [6.07, 6.45) is 2.49. The van der Waals surface area contributed by atoms with Crippen LogP contribution in [0.1, 0.15) is 28.8 Å². The number of piperidine rings is 1. The molecule has 0 bridgehead atoms. The highest BCUT2D eigenvalue weighted by Gasteiger charge is 2.39. The number of nitrogens with zero attached hydrogens (tertiary/aromatic N) is 3. The molecule has 0 spiro atoms. The Balaban J connectivity index is 1.24. The molecule has 10 heteroatoms. The van der Waals surface area contributed by atoms with Crippen LogP contribution < -0.4 is 20.1 Å². The number of carbonyl (C=O) groups is 3. The summed E-state index contributed by atoms with van der Waals surface area (Å²) in [5, 5.41) is 5.84. The Labute approximate surface area is 217 Å². The fraction of sp³-hybridized carbons (Fsp3) is 0.214. The summed E-state index contributed by atoms with van der Waals surface area (Å²) in [7, 11) is 0. The van der Waals surface area contributed by atoms with Crippen LogP contribution in [0.4, 0.5) is 11.5 Å². The zero-order chi connectivity index (χ0) is 25.8. The summed E-state index contributed by atoms with van der Waals surface area (Å²) < 4.78 is 13.4. The van der Waals surface area contributed by atoms with Crippen LogP contribution in [0.2, 0.25) is 0 Å². The van der Waals surface area contributed by atoms with Crippen molar-refractivity contribution in [3.8, 4) is 22.8 Å². The third-order valence-electron chi connectivity index (χ3n) is 7.13. The van der Waals surface area contributed by atoms with E-state index in [1.165, 1.54) is 0 Å². The number of carbonyl (C=O) groups excluding carboxylic acids is 3. The number of imide groups is 1. The van der Waals surface area contributed by atoms with Gasteiger partial charge in [0.15, 0.2) is 11.5 Å². The van der Waals surface area contributed by atoms with E-state index in [4.69, 9.17) is 14.5 Å². The predicted molar refractivity (Wildman–Crippen MR) is 137 cm³/mol.